The Morgan fingerprint density at radius 3 is 2.96 bits per heavy atom. The second kappa shape index (κ2) is 6.38. The SMILES string of the molecule is CC1=CCC=CC1C(=O)NC1CCc2[nH]c3c(C)cc(Cl)cc3c2C1. The summed E-state index contributed by atoms with van der Waals surface area (Å²) in [7, 11) is 0. The lowest BCUT2D eigenvalue weighted by atomic mass is 9.89. The second-order valence-electron chi connectivity index (χ2n) is 7.27. The minimum atomic E-state index is -0.116. The average molecular weight is 355 g/mol. The van der Waals surface area contributed by atoms with Crippen molar-refractivity contribution < 1.29 is 4.79 Å². The van der Waals surface area contributed by atoms with Crippen LogP contribution in [0, 0.1) is 12.8 Å². The van der Waals surface area contributed by atoms with E-state index in [1.807, 2.05) is 25.1 Å². The molecule has 25 heavy (non-hydrogen) atoms. The van der Waals surface area contributed by atoms with Crippen LogP contribution in [0.3, 0.4) is 0 Å². The number of fused-ring (bicyclic) bond motifs is 3. The molecule has 0 aliphatic heterocycles. The second-order valence-corrected chi connectivity index (χ2v) is 7.70. The number of benzene rings is 1. The van der Waals surface area contributed by atoms with Gasteiger partial charge in [0.05, 0.1) is 5.92 Å². The molecule has 4 heteroatoms. The van der Waals surface area contributed by atoms with E-state index in [0.717, 1.165) is 36.3 Å². The Morgan fingerprint density at radius 1 is 1.32 bits per heavy atom. The van der Waals surface area contributed by atoms with E-state index < -0.39 is 0 Å². The summed E-state index contributed by atoms with van der Waals surface area (Å²) in [6.07, 6.45) is 9.94. The highest BCUT2D eigenvalue weighted by Crippen LogP contribution is 2.33. The Balaban J connectivity index is 1.56. The van der Waals surface area contributed by atoms with Gasteiger partial charge in [-0.05, 0) is 62.8 Å². The van der Waals surface area contributed by atoms with Crippen LogP contribution in [0.25, 0.3) is 10.9 Å². The normalized spacial score (nSPS) is 22.6. The molecule has 1 aromatic carbocycles. The van der Waals surface area contributed by atoms with Gasteiger partial charge >= 0.3 is 0 Å². The van der Waals surface area contributed by atoms with E-state index >= 15 is 0 Å². The fourth-order valence-corrected chi connectivity index (χ4v) is 4.38. The van der Waals surface area contributed by atoms with Crippen LogP contribution in [-0.2, 0) is 17.6 Å². The summed E-state index contributed by atoms with van der Waals surface area (Å²) in [6.45, 7) is 4.12. The van der Waals surface area contributed by atoms with Gasteiger partial charge < -0.3 is 10.3 Å². The summed E-state index contributed by atoms with van der Waals surface area (Å²) < 4.78 is 0. The summed E-state index contributed by atoms with van der Waals surface area (Å²) in [6, 6.07) is 4.22. The molecule has 4 rings (SSSR count). The van der Waals surface area contributed by atoms with Gasteiger partial charge in [-0.3, -0.25) is 4.79 Å². The minimum Gasteiger partial charge on any atom is -0.358 e. The quantitative estimate of drug-likeness (QED) is 0.759. The van der Waals surface area contributed by atoms with Gasteiger partial charge in [0.15, 0.2) is 0 Å². The van der Waals surface area contributed by atoms with E-state index in [0.29, 0.717) is 0 Å². The van der Waals surface area contributed by atoms with Crippen LogP contribution in [0.5, 0.6) is 0 Å². The number of rotatable bonds is 2. The number of nitrogens with one attached hydrogen (secondary N) is 2. The van der Waals surface area contributed by atoms with Crippen LogP contribution in [0.1, 0.15) is 36.6 Å². The van der Waals surface area contributed by atoms with Gasteiger partial charge in [0, 0.05) is 27.7 Å². The van der Waals surface area contributed by atoms with Gasteiger partial charge in [0.25, 0.3) is 0 Å². The van der Waals surface area contributed by atoms with Crippen molar-refractivity contribution in [1.82, 2.24) is 10.3 Å². The van der Waals surface area contributed by atoms with Crippen molar-refractivity contribution in [2.75, 3.05) is 0 Å². The van der Waals surface area contributed by atoms with Crippen molar-refractivity contribution in [3.05, 3.63) is 57.8 Å². The predicted molar refractivity (Wildman–Crippen MR) is 103 cm³/mol. The van der Waals surface area contributed by atoms with E-state index in [4.69, 9.17) is 11.6 Å². The van der Waals surface area contributed by atoms with Gasteiger partial charge in [0.1, 0.15) is 0 Å². The highest BCUT2D eigenvalue weighted by atomic mass is 35.5. The van der Waals surface area contributed by atoms with Crippen molar-refractivity contribution >= 4 is 28.4 Å². The highest BCUT2D eigenvalue weighted by molar-refractivity contribution is 6.31. The first kappa shape index (κ1) is 16.5. The van der Waals surface area contributed by atoms with Crippen LogP contribution in [0.2, 0.25) is 5.02 Å². The van der Waals surface area contributed by atoms with Crippen molar-refractivity contribution in [2.45, 2.75) is 45.6 Å². The van der Waals surface area contributed by atoms with Crippen LogP contribution in [0.4, 0.5) is 0 Å². The van der Waals surface area contributed by atoms with Crippen LogP contribution in [0.15, 0.2) is 35.9 Å². The first-order valence-corrected chi connectivity index (χ1v) is 9.34. The standard InChI is InChI=1S/C21H23ClN2O/c1-12-5-3-4-6-16(12)21(25)23-15-7-8-19-17(11-15)18-10-14(22)9-13(2)20(18)24-19/h4-6,9-10,15-16,24H,3,7-8,11H2,1-2H3,(H,23,25). The van der Waals surface area contributed by atoms with Gasteiger partial charge in [-0.2, -0.15) is 0 Å². The zero-order valence-electron chi connectivity index (χ0n) is 14.7. The van der Waals surface area contributed by atoms with Crippen LogP contribution < -0.4 is 5.32 Å². The molecule has 2 aliphatic carbocycles. The molecule has 0 saturated carbocycles. The third-order valence-corrected chi connectivity index (χ3v) is 5.70. The fraction of sp³-hybridized carbons (Fsp3) is 0.381. The molecular formula is C21H23ClN2O. The molecule has 0 spiro atoms. The Bertz CT molecular complexity index is 906. The first-order valence-electron chi connectivity index (χ1n) is 8.96. The number of aromatic amines is 1. The summed E-state index contributed by atoms with van der Waals surface area (Å²) in [5, 5.41) is 5.24. The number of allylic oxidation sites excluding steroid dienone is 2. The Kier molecular flexibility index (Phi) is 4.20. The van der Waals surface area contributed by atoms with E-state index in [-0.39, 0.29) is 17.9 Å². The number of carbonyl (C=O) groups is 1. The molecule has 0 saturated heterocycles. The number of amides is 1. The molecule has 3 nitrogen and oxygen atoms in total. The molecule has 0 fully saturated rings. The maximum Gasteiger partial charge on any atom is 0.231 e. The molecule has 1 aromatic heterocycles. The van der Waals surface area contributed by atoms with Crippen molar-refractivity contribution in [3.63, 3.8) is 0 Å². The molecule has 2 aliphatic rings. The molecule has 2 N–H and O–H groups in total. The van der Waals surface area contributed by atoms with Crippen LogP contribution in [-0.4, -0.2) is 16.9 Å². The Labute approximate surface area is 153 Å². The Morgan fingerprint density at radius 2 is 2.16 bits per heavy atom. The lowest BCUT2D eigenvalue weighted by molar-refractivity contribution is -0.123. The fourth-order valence-electron chi connectivity index (χ4n) is 4.11. The molecule has 2 atom stereocenters. The maximum absolute atomic E-state index is 12.7. The third-order valence-electron chi connectivity index (χ3n) is 5.48. The molecule has 0 radical (unpaired) electrons. The molecule has 2 unspecified atom stereocenters. The number of hydrogen-bond acceptors (Lipinski definition) is 1. The number of carbonyl (C=O) groups excluding carboxylic acids is 1. The Hall–Kier alpha value is -2.00. The first-order chi connectivity index (χ1) is 12.0. The number of aryl methyl sites for hydroxylation is 2. The molecule has 2 aromatic rings. The lowest BCUT2D eigenvalue weighted by Crippen LogP contribution is -2.42. The van der Waals surface area contributed by atoms with Gasteiger partial charge in [0.2, 0.25) is 5.91 Å². The largest absolute Gasteiger partial charge is 0.358 e. The van der Waals surface area contributed by atoms with Crippen LogP contribution >= 0.6 is 11.6 Å². The summed E-state index contributed by atoms with van der Waals surface area (Å²) in [5.74, 6) is 0.00186. The van der Waals surface area contributed by atoms with E-state index in [1.165, 1.54) is 27.7 Å². The lowest BCUT2D eigenvalue weighted by Gasteiger charge is -2.26. The third kappa shape index (κ3) is 3.02. The van der Waals surface area contributed by atoms with E-state index in [9.17, 15) is 4.79 Å². The maximum atomic E-state index is 12.7. The monoisotopic (exact) mass is 354 g/mol. The zero-order chi connectivity index (χ0) is 17.6. The van der Waals surface area contributed by atoms with Gasteiger partial charge in [-0.1, -0.05) is 35.4 Å². The summed E-state index contributed by atoms with van der Waals surface area (Å²) in [5.41, 5.74) is 6.09. The number of H-pyrrole nitrogens is 1. The number of halogens is 1. The number of aromatic nitrogens is 1. The topological polar surface area (TPSA) is 44.9 Å². The average Bonchev–Trinajstić information content (AvgIpc) is 2.94. The zero-order valence-corrected chi connectivity index (χ0v) is 15.4. The van der Waals surface area contributed by atoms with Gasteiger partial charge in [-0.25, -0.2) is 0 Å². The summed E-state index contributed by atoms with van der Waals surface area (Å²) >= 11 is 6.26. The minimum absolute atomic E-state index is 0.116. The van der Waals surface area contributed by atoms with E-state index in [2.05, 4.69) is 29.4 Å². The predicted octanol–water partition coefficient (Wildman–Crippen LogP) is 4.63. The molecule has 0 bridgehead atoms. The van der Waals surface area contributed by atoms with Gasteiger partial charge in [-0.15, -0.1) is 0 Å². The van der Waals surface area contributed by atoms with E-state index in [1.54, 1.807) is 0 Å². The molecular weight excluding hydrogens is 332 g/mol. The highest BCUT2D eigenvalue weighted by Gasteiger charge is 2.27. The molecule has 1 heterocycles. The van der Waals surface area contributed by atoms with Crippen molar-refractivity contribution in [1.29, 1.82) is 0 Å². The summed E-state index contributed by atoms with van der Waals surface area (Å²) in [4.78, 5) is 16.2. The van der Waals surface area contributed by atoms with Crippen molar-refractivity contribution in [2.24, 2.45) is 5.92 Å². The molecule has 130 valence electrons. The smallest absolute Gasteiger partial charge is 0.231 e. The van der Waals surface area contributed by atoms with Crippen molar-refractivity contribution in [3.8, 4) is 0 Å². The number of hydrogen-bond donors (Lipinski definition) is 2. The molecule has 1 amide bonds.